The molecule has 1 aromatic rings. The Labute approximate surface area is 120 Å². The maximum absolute atomic E-state index is 4.47. The molecule has 0 amide bonds. The van der Waals surface area contributed by atoms with Gasteiger partial charge in [0.1, 0.15) is 0 Å². The quantitative estimate of drug-likeness (QED) is 0.922. The molecule has 19 heavy (non-hydrogen) atoms. The zero-order valence-electron chi connectivity index (χ0n) is 11.9. The van der Waals surface area contributed by atoms with Crippen LogP contribution in [-0.4, -0.2) is 41.6 Å². The van der Waals surface area contributed by atoms with Gasteiger partial charge in [0.05, 0.1) is 5.01 Å². The zero-order valence-corrected chi connectivity index (χ0v) is 12.7. The van der Waals surface area contributed by atoms with Crippen molar-refractivity contribution in [3.05, 3.63) is 16.6 Å². The highest BCUT2D eigenvalue weighted by Crippen LogP contribution is 2.32. The number of hydrogen-bond acceptors (Lipinski definition) is 4. The highest BCUT2D eigenvalue weighted by Gasteiger charge is 2.36. The van der Waals surface area contributed by atoms with Gasteiger partial charge in [-0.1, -0.05) is 19.8 Å². The molecular weight excluding hydrogens is 254 g/mol. The summed E-state index contributed by atoms with van der Waals surface area (Å²) in [5.74, 6) is 0.566. The summed E-state index contributed by atoms with van der Waals surface area (Å²) in [6.07, 6.45) is 8.77. The summed E-state index contributed by atoms with van der Waals surface area (Å²) in [5, 5.41) is 7.22. The lowest BCUT2D eigenvalue weighted by Crippen LogP contribution is -2.49. The lowest BCUT2D eigenvalue weighted by atomic mass is 9.97. The van der Waals surface area contributed by atoms with Crippen molar-refractivity contribution < 1.29 is 0 Å². The monoisotopic (exact) mass is 279 g/mol. The second-order valence-corrected chi connectivity index (χ2v) is 7.20. The third kappa shape index (κ3) is 3.18. The fourth-order valence-electron chi connectivity index (χ4n) is 3.70. The van der Waals surface area contributed by atoms with Crippen molar-refractivity contribution in [1.29, 1.82) is 0 Å². The van der Waals surface area contributed by atoms with Crippen molar-refractivity contribution in [3.63, 3.8) is 0 Å². The van der Waals surface area contributed by atoms with Crippen molar-refractivity contribution in [1.82, 2.24) is 15.2 Å². The summed E-state index contributed by atoms with van der Waals surface area (Å²) in [6.45, 7) is 7.16. The van der Waals surface area contributed by atoms with Crippen LogP contribution in [0.3, 0.4) is 0 Å². The van der Waals surface area contributed by atoms with E-state index in [1.165, 1.54) is 56.7 Å². The van der Waals surface area contributed by atoms with Crippen LogP contribution in [0.2, 0.25) is 0 Å². The fourth-order valence-corrected chi connectivity index (χ4v) is 4.39. The Kier molecular flexibility index (Phi) is 4.20. The molecule has 0 radical (unpaired) electrons. The molecule has 1 aromatic heterocycles. The molecule has 1 saturated carbocycles. The molecule has 0 aromatic carbocycles. The van der Waals surface area contributed by atoms with Crippen LogP contribution in [0, 0.1) is 0 Å². The van der Waals surface area contributed by atoms with Gasteiger partial charge in [0.2, 0.25) is 0 Å². The van der Waals surface area contributed by atoms with E-state index in [0.29, 0.717) is 11.5 Å². The Morgan fingerprint density at radius 1 is 1.42 bits per heavy atom. The smallest absolute Gasteiger partial charge is 0.0965 e. The van der Waals surface area contributed by atoms with E-state index in [1.807, 2.05) is 6.20 Å². The average molecular weight is 279 g/mol. The van der Waals surface area contributed by atoms with Crippen LogP contribution in [0.15, 0.2) is 11.6 Å². The molecule has 2 fully saturated rings. The van der Waals surface area contributed by atoms with Gasteiger partial charge in [-0.15, -0.1) is 11.3 Å². The predicted octanol–water partition coefficient (Wildman–Crippen LogP) is 2.85. The van der Waals surface area contributed by atoms with Crippen molar-refractivity contribution in [2.24, 2.45) is 0 Å². The summed E-state index contributed by atoms with van der Waals surface area (Å²) in [4.78, 5) is 7.15. The van der Waals surface area contributed by atoms with Crippen LogP contribution in [-0.2, 0) is 0 Å². The Hall–Kier alpha value is -0.450. The lowest BCUT2D eigenvalue weighted by Gasteiger charge is -2.34. The maximum atomic E-state index is 4.47. The molecule has 1 atom stereocenters. The van der Waals surface area contributed by atoms with Gasteiger partial charge in [0, 0.05) is 36.1 Å². The van der Waals surface area contributed by atoms with Gasteiger partial charge < -0.3 is 10.2 Å². The average Bonchev–Trinajstić information content (AvgIpc) is 3.02. The first kappa shape index (κ1) is 13.5. The first-order valence-electron chi connectivity index (χ1n) is 7.64. The van der Waals surface area contributed by atoms with E-state index in [2.05, 4.69) is 27.5 Å². The number of hydrogen-bond donors (Lipinski definition) is 1. The first-order valence-corrected chi connectivity index (χ1v) is 8.52. The third-order valence-electron chi connectivity index (χ3n) is 4.64. The third-order valence-corrected chi connectivity index (χ3v) is 5.65. The van der Waals surface area contributed by atoms with Crippen molar-refractivity contribution in [2.75, 3.05) is 26.2 Å². The molecule has 3 nitrogen and oxygen atoms in total. The number of nitrogens with zero attached hydrogens (tertiary/aromatic N) is 2. The highest BCUT2D eigenvalue weighted by atomic mass is 32.1. The number of rotatable bonds is 3. The minimum absolute atomic E-state index is 0.430. The SMILES string of the molecule is CC(CN1CCCNC2(CCCC2)C1)c1nccs1. The Balaban J connectivity index is 1.63. The predicted molar refractivity (Wildman–Crippen MR) is 80.8 cm³/mol. The van der Waals surface area contributed by atoms with Gasteiger partial charge in [-0.3, -0.25) is 0 Å². The summed E-state index contributed by atoms with van der Waals surface area (Å²) in [6, 6.07) is 0. The zero-order chi connectivity index (χ0) is 13.1. The van der Waals surface area contributed by atoms with Gasteiger partial charge in [0.25, 0.3) is 0 Å². The van der Waals surface area contributed by atoms with Crippen molar-refractivity contribution in [3.8, 4) is 0 Å². The van der Waals surface area contributed by atoms with E-state index in [-0.39, 0.29) is 0 Å². The fraction of sp³-hybridized carbons (Fsp3) is 0.800. The minimum Gasteiger partial charge on any atom is -0.310 e. The summed E-state index contributed by atoms with van der Waals surface area (Å²) in [5.41, 5.74) is 0.430. The minimum atomic E-state index is 0.430. The maximum Gasteiger partial charge on any atom is 0.0965 e. The Morgan fingerprint density at radius 3 is 3.00 bits per heavy atom. The Bertz CT molecular complexity index is 384. The molecular formula is C15H25N3S. The van der Waals surface area contributed by atoms with Crippen LogP contribution in [0.1, 0.15) is 50.0 Å². The van der Waals surface area contributed by atoms with E-state index >= 15 is 0 Å². The number of nitrogens with one attached hydrogen (secondary N) is 1. The first-order chi connectivity index (χ1) is 9.27. The van der Waals surface area contributed by atoms with Gasteiger partial charge >= 0.3 is 0 Å². The molecule has 1 N–H and O–H groups in total. The largest absolute Gasteiger partial charge is 0.310 e. The normalized spacial score (nSPS) is 25.5. The summed E-state index contributed by atoms with van der Waals surface area (Å²) >= 11 is 1.80. The molecule has 2 heterocycles. The van der Waals surface area contributed by atoms with Crippen LogP contribution in [0.5, 0.6) is 0 Å². The van der Waals surface area contributed by atoms with Gasteiger partial charge in [0.15, 0.2) is 0 Å². The van der Waals surface area contributed by atoms with E-state index < -0.39 is 0 Å². The molecule has 1 aliphatic carbocycles. The number of aromatic nitrogens is 1. The van der Waals surface area contributed by atoms with Crippen LogP contribution in [0.25, 0.3) is 0 Å². The van der Waals surface area contributed by atoms with E-state index in [1.54, 1.807) is 11.3 Å². The molecule has 1 saturated heterocycles. The van der Waals surface area contributed by atoms with Crippen LogP contribution < -0.4 is 5.32 Å². The molecule has 1 unspecified atom stereocenters. The summed E-state index contributed by atoms with van der Waals surface area (Å²) < 4.78 is 0. The molecule has 2 aliphatic rings. The van der Waals surface area contributed by atoms with Crippen molar-refractivity contribution >= 4 is 11.3 Å². The van der Waals surface area contributed by atoms with Gasteiger partial charge in [-0.2, -0.15) is 0 Å². The number of thiazole rings is 1. The Morgan fingerprint density at radius 2 is 2.26 bits per heavy atom. The lowest BCUT2D eigenvalue weighted by molar-refractivity contribution is 0.202. The van der Waals surface area contributed by atoms with E-state index in [0.717, 1.165) is 6.54 Å². The second kappa shape index (κ2) is 5.90. The molecule has 3 rings (SSSR count). The molecule has 1 aliphatic heterocycles. The molecule has 4 heteroatoms. The van der Waals surface area contributed by atoms with Gasteiger partial charge in [-0.05, 0) is 32.4 Å². The molecule has 106 valence electrons. The van der Waals surface area contributed by atoms with Crippen molar-refractivity contribution in [2.45, 2.75) is 50.5 Å². The highest BCUT2D eigenvalue weighted by molar-refractivity contribution is 7.09. The topological polar surface area (TPSA) is 28.2 Å². The second-order valence-electron chi connectivity index (χ2n) is 6.27. The summed E-state index contributed by atoms with van der Waals surface area (Å²) in [7, 11) is 0. The molecule has 0 bridgehead atoms. The van der Waals surface area contributed by atoms with E-state index in [9.17, 15) is 0 Å². The standard InChI is InChI=1S/C15H25N3S/c1-13(14-16-8-10-19-14)11-18-9-4-7-17-15(12-18)5-2-3-6-15/h8,10,13,17H,2-7,9,11-12H2,1H3. The van der Waals surface area contributed by atoms with Gasteiger partial charge in [-0.25, -0.2) is 4.98 Å². The van der Waals surface area contributed by atoms with E-state index in [4.69, 9.17) is 0 Å². The van der Waals surface area contributed by atoms with Crippen LogP contribution in [0.4, 0.5) is 0 Å². The molecule has 1 spiro atoms. The van der Waals surface area contributed by atoms with Crippen LogP contribution >= 0.6 is 11.3 Å².